The molecule has 1 atom stereocenters. The molecule has 1 N–H and O–H groups in total. The van der Waals surface area contributed by atoms with Crippen LogP contribution in [0, 0.1) is 12.7 Å². The fourth-order valence-electron chi connectivity index (χ4n) is 1.51. The molecule has 0 fully saturated rings. The molecule has 0 bridgehead atoms. The van der Waals surface area contributed by atoms with Crippen molar-refractivity contribution in [1.82, 2.24) is 15.6 Å². The summed E-state index contributed by atoms with van der Waals surface area (Å²) in [6.07, 6.45) is -0.827. The zero-order chi connectivity index (χ0) is 14.5. The number of rotatable bonds is 5. The van der Waals surface area contributed by atoms with Gasteiger partial charge in [0, 0.05) is 0 Å². The topological polar surface area (TPSA) is 77.3 Å². The normalized spacial score (nSPS) is 11.9. The number of benzene rings is 1. The minimum Gasteiger partial charge on any atom is -0.478 e. The summed E-state index contributed by atoms with van der Waals surface area (Å²) < 4.78 is 23.2. The van der Waals surface area contributed by atoms with E-state index >= 15 is 0 Å². The van der Waals surface area contributed by atoms with Gasteiger partial charge in [-0.25, -0.2) is 9.02 Å². The summed E-state index contributed by atoms with van der Waals surface area (Å²) in [7, 11) is 0. The SMILES string of the molecule is Cc1nonc1CNC(=O)[C@H](C)Oc1ccccc1F. The standard InChI is InChI=1S/C13H14FN3O3/c1-8-11(17-20-16-8)7-15-13(18)9(2)19-12-6-4-3-5-10(12)14/h3-6,9H,7H2,1-2H3,(H,15,18)/t9-/m0/s1. The molecule has 2 rings (SSSR count). The summed E-state index contributed by atoms with van der Waals surface area (Å²) >= 11 is 0. The Balaban J connectivity index is 1.89. The summed E-state index contributed by atoms with van der Waals surface area (Å²) in [6, 6.07) is 5.91. The smallest absolute Gasteiger partial charge is 0.261 e. The van der Waals surface area contributed by atoms with Gasteiger partial charge in [0.15, 0.2) is 17.7 Å². The van der Waals surface area contributed by atoms with Gasteiger partial charge >= 0.3 is 0 Å². The Kier molecular flexibility index (Phi) is 4.29. The largest absolute Gasteiger partial charge is 0.478 e. The highest BCUT2D eigenvalue weighted by Crippen LogP contribution is 2.17. The van der Waals surface area contributed by atoms with E-state index in [2.05, 4.69) is 20.3 Å². The van der Waals surface area contributed by atoms with Crippen LogP contribution in [-0.4, -0.2) is 22.3 Å². The predicted octanol–water partition coefficient (Wildman–Crippen LogP) is 1.60. The number of carbonyl (C=O) groups is 1. The molecule has 0 spiro atoms. The fraction of sp³-hybridized carbons (Fsp3) is 0.308. The molecule has 1 heterocycles. The van der Waals surface area contributed by atoms with Gasteiger partial charge in [-0.1, -0.05) is 22.4 Å². The van der Waals surface area contributed by atoms with E-state index in [0.717, 1.165) is 0 Å². The van der Waals surface area contributed by atoms with E-state index in [1.807, 2.05) is 0 Å². The number of carbonyl (C=O) groups excluding carboxylic acids is 1. The first-order valence-electron chi connectivity index (χ1n) is 6.05. The molecule has 106 valence electrons. The van der Waals surface area contributed by atoms with Crippen molar-refractivity contribution in [3.63, 3.8) is 0 Å². The fourth-order valence-corrected chi connectivity index (χ4v) is 1.51. The van der Waals surface area contributed by atoms with E-state index in [4.69, 9.17) is 4.74 Å². The van der Waals surface area contributed by atoms with Crippen LogP contribution in [0.5, 0.6) is 5.75 Å². The zero-order valence-corrected chi connectivity index (χ0v) is 11.1. The number of hydrogen-bond donors (Lipinski definition) is 1. The molecule has 1 aromatic heterocycles. The molecule has 0 radical (unpaired) electrons. The summed E-state index contributed by atoms with van der Waals surface area (Å²) in [5, 5.41) is 9.86. The van der Waals surface area contributed by atoms with Crippen molar-refractivity contribution >= 4 is 5.91 Å². The average molecular weight is 279 g/mol. The van der Waals surface area contributed by atoms with E-state index in [1.165, 1.54) is 19.1 Å². The quantitative estimate of drug-likeness (QED) is 0.899. The number of amides is 1. The van der Waals surface area contributed by atoms with Crippen LogP contribution >= 0.6 is 0 Å². The highest BCUT2D eigenvalue weighted by molar-refractivity contribution is 5.80. The number of aromatic nitrogens is 2. The van der Waals surface area contributed by atoms with Crippen LogP contribution in [-0.2, 0) is 11.3 Å². The lowest BCUT2D eigenvalue weighted by Gasteiger charge is -2.14. The Morgan fingerprint density at radius 2 is 2.20 bits per heavy atom. The van der Waals surface area contributed by atoms with Gasteiger partial charge in [0.25, 0.3) is 5.91 Å². The van der Waals surface area contributed by atoms with Crippen LogP contribution in [0.2, 0.25) is 0 Å². The first-order valence-corrected chi connectivity index (χ1v) is 6.05. The van der Waals surface area contributed by atoms with E-state index in [0.29, 0.717) is 11.4 Å². The Morgan fingerprint density at radius 3 is 2.85 bits per heavy atom. The maximum atomic E-state index is 13.4. The van der Waals surface area contributed by atoms with Crippen LogP contribution in [0.3, 0.4) is 0 Å². The molecule has 0 aliphatic heterocycles. The lowest BCUT2D eigenvalue weighted by atomic mass is 10.3. The van der Waals surface area contributed by atoms with Crippen molar-refractivity contribution in [3.05, 3.63) is 41.5 Å². The van der Waals surface area contributed by atoms with Gasteiger partial charge in [-0.15, -0.1) is 0 Å². The summed E-state index contributed by atoms with van der Waals surface area (Å²) in [5.41, 5.74) is 1.14. The monoisotopic (exact) mass is 279 g/mol. The van der Waals surface area contributed by atoms with Crippen LogP contribution in [0.15, 0.2) is 28.9 Å². The van der Waals surface area contributed by atoms with Crippen molar-refractivity contribution < 1.29 is 18.6 Å². The lowest BCUT2D eigenvalue weighted by molar-refractivity contribution is -0.127. The van der Waals surface area contributed by atoms with Gasteiger partial charge in [-0.05, 0) is 26.0 Å². The molecule has 7 heteroatoms. The van der Waals surface area contributed by atoms with Crippen molar-refractivity contribution in [2.45, 2.75) is 26.5 Å². The average Bonchev–Trinajstić information content (AvgIpc) is 2.84. The minimum atomic E-state index is -0.827. The Labute approximate surface area is 114 Å². The highest BCUT2D eigenvalue weighted by Gasteiger charge is 2.17. The van der Waals surface area contributed by atoms with Crippen molar-refractivity contribution in [2.24, 2.45) is 0 Å². The first-order chi connectivity index (χ1) is 9.58. The van der Waals surface area contributed by atoms with Crippen molar-refractivity contribution in [1.29, 1.82) is 0 Å². The van der Waals surface area contributed by atoms with Gasteiger partial charge in [0.2, 0.25) is 0 Å². The van der Waals surface area contributed by atoms with Gasteiger partial charge in [0.05, 0.1) is 6.54 Å². The third-order valence-electron chi connectivity index (χ3n) is 2.69. The highest BCUT2D eigenvalue weighted by atomic mass is 19.1. The molecule has 1 aromatic carbocycles. The molecule has 1 amide bonds. The number of aryl methyl sites for hydroxylation is 1. The number of hydrogen-bond acceptors (Lipinski definition) is 5. The van der Waals surface area contributed by atoms with E-state index in [9.17, 15) is 9.18 Å². The van der Waals surface area contributed by atoms with Gasteiger partial charge in [-0.2, -0.15) is 0 Å². The van der Waals surface area contributed by atoms with Gasteiger partial charge in [-0.3, -0.25) is 4.79 Å². The van der Waals surface area contributed by atoms with E-state index in [-0.39, 0.29) is 18.2 Å². The molecule has 6 nitrogen and oxygen atoms in total. The maximum Gasteiger partial charge on any atom is 0.261 e. The van der Waals surface area contributed by atoms with Crippen molar-refractivity contribution in [3.8, 4) is 5.75 Å². The molecule has 2 aromatic rings. The molecular weight excluding hydrogens is 265 g/mol. The number of para-hydroxylation sites is 1. The summed E-state index contributed by atoms with van der Waals surface area (Å²) in [5.74, 6) is -0.853. The molecular formula is C13H14FN3O3. The lowest BCUT2D eigenvalue weighted by Crippen LogP contribution is -2.36. The number of nitrogens with one attached hydrogen (secondary N) is 1. The molecule has 0 saturated carbocycles. The summed E-state index contributed by atoms with van der Waals surface area (Å²) in [4.78, 5) is 11.8. The predicted molar refractivity (Wildman–Crippen MR) is 67.4 cm³/mol. The molecule has 20 heavy (non-hydrogen) atoms. The third kappa shape index (κ3) is 3.31. The van der Waals surface area contributed by atoms with E-state index in [1.54, 1.807) is 19.1 Å². The molecule has 0 aliphatic carbocycles. The second-order valence-corrected chi connectivity index (χ2v) is 4.20. The van der Waals surface area contributed by atoms with Gasteiger partial charge < -0.3 is 10.1 Å². The van der Waals surface area contributed by atoms with Crippen LogP contribution < -0.4 is 10.1 Å². The maximum absolute atomic E-state index is 13.4. The molecule has 0 unspecified atom stereocenters. The van der Waals surface area contributed by atoms with E-state index < -0.39 is 11.9 Å². The number of ether oxygens (including phenoxy) is 1. The van der Waals surface area contributed by atoms with Gasteiger partial charge in [0.1, 0.15) is 11.4 Å². The minimum absolute atomic E-state index is 0.0365. The van der Waals surface area contributed by atoms with Crippen LogP contribution in [0.25, 0.3) is 0 Å². The second kappa shape index (κ2) is 6.14. The number of nitrogens with zero attached hydrogens (tertiary/aromatic N) is 2. The summed E-state index contributed by atoms with van der Waals surface area (Å²) in [6.45, 7) is 3.44. The van der Waals surface area contributed by atoms with Crippen LogP contribution in [0.4, 0.5) is 4.39 Å². The Hall–Kier alpha value is -2.44. The molecule has 0 aliphatic rings. The first kappa shape index (κ1) is 14.0. The number of halogens is 1. The Morgan fingerprint density at radius 1 is 1.45 bits per heavy atom. The van der Waals surface area contributed by atoms with Crippen molar-refractivity contribution in [2.75, 3.05) is 0 Å². The Bertz CT molecular complexity index is 600. The second-order valence-electron chi connectivity index (χ2n) is 4.20. The third-order valence-corrected chi connectivity index (χ3v) is 2.69. The van der Waals surface area contributed by atoms with Crippen LogP contribution in [0.1, 0.15) is 18.3 Å². The zero-order valence-electron chi connectivity index (χ0n) is 11.1. The molecule has 0 saturated heterocycles.